The Bertz CT molecular complexity index is 2310. The Labute approximate surface area is 275 Å². The van der Waals surface area contributed by atoms with Gasteiger partial charge >= 0.3 is 0 Å². The Morgan fingerprint density at radius 1 is 0.702 bits per heavy atom. The van der Waals surface area contributed by atoms with Crippen LogP contribution in [0.4, 0.5) is 0 Å². The van der Waals surface area contributed by atoms with Crippen molar-refractivity contribution in [3.8, 4) is 16.8 Å². The van der Waals surface area contributed by atoms with Crippen molar-refractivity contribution in [1.82, 2.24) is 9.88 Å². The molecule has 0 radical (unpaired) electrons. The largest absolute Gasteiger partial charge is 0.309 e. The summed E-state index contributed by atoms with van der Waals surface area (Å²) in [6.07, 6.45) is 1.65. The molecule has 0 saturated carbocycles. The number of rotatable bonds is 6. The number of fused-ring (bicyclic) bond motifs is 7. The van der Waals surface area contributed by atoms with E-state index < -0.39 is 0 Å². The summed E-state index contributed by atoms with van der Waals surface area (Å²) in [7, 11) is 1.94. The van der Waals surface area contributed by atoms with Gasteiger partial charge in [0.2, 0.25) is 0 Å². The van der Waals surface area contributed by atoms with Crippen molar-refractivity contribution in [1.29, 1.82) is 0 Å². The molecule has 7 aromatic rings. The van der Waals surface area contributed by atoms with E-state index in [1.807, 2.05) is 49.7 Å². The van der Waals surface area contributed by atoms with Crippen LogP contribution in [-0.2, 0) is 5.41 Å². The summed E-state index contributed by atoms with van der Waals surface area (Å²) in [5, 5.41) is 5.90. The van der Waals surface area contributed by atoms with Crippen molar-refractivity contribution in [2.75, 3.05) is 7.05 Å². The number of aliphatic imine (C=N–C) groups is 2. The van der Waals surface area contributed by atoms with Gasteiger partial charge in [0.15, 0.2) is 5.84 Å². The normalized spacial score (nSPS) is 14.5. The lowest BCUT2D eigenvalue weighted by atomic mass is 9.81. The van der Waals surface area contributed by atoms with Crippen molar-refractivity contribution in [3.63, 3.8) is 0 Å². The highest BCUT2D eigenvalue weighted by Crippen LogP contribution is 2.52. The molecule has 228 valence electrons. The molecule has 1 unspecified atom stereocenters. The fourth-order valence-corrected chi connectivity index (χ4v) is 7.29. The van der Waals surface area contributed by atoms with Crippen LogP contribution in [0.5, 0.6) is 0 Å². The van der Waals surface area contributed by atoms with Gasteiger partial charge in [-0.1, -0.05) is 141 Å². The van der Waals surface area contributed by atoms with Crippen LogP contribution in [0.2, 0.25) is 0 Å². The molecule has 0 fully saturated rings. The molecule has 4 nitrogen and oxygen atoms in total. The highest BCUT2D eigenvalue weighted by molar-refractivity contribution is 6.13. The van der Waals surface area contributed by atoms with Crippen LogP contribution in [0.1, 0.15) is 47.8 Å². The minimum Gasteiger partial charge on any atom is -0.309 e. The molecule has 1 N–H and O–H groups in total. The molecule has 0 saturated heterocycles. The lowest BCUT2D eigenvalue weighted by Crippen LogP contribution is -2.17. The summed E-state index contributed by atoms with van der Waals surface area (Å²) in [5.41, 5.74) is 11.8. The highest BCUT2D eigenvalue weighted by Gasteiger charge is 2.38. The maximum atomic E-state index is 5.20. The quantitative estimate of drug-likeness (QED) is 0.148. The molecule has 0 spiro atoms. The Morgan fingerprint density at radius 3 is 2.23 bits per heavy atom. The third kappa shape index (κ3) is 4.89. The number of benzene rings is 6. The van der Waals surface area contributed by atoms with Crippen molar-refractivity contribution in [2.24, 2.45) is 9.98 Å². The molecule has 1 heterocycles. The zero-order chi connectivity index (χ0) is 32.0. The number of nitrogens with zero attached hydrogens (tertiary/aromatic N) is 3. The van der Waals surface area contributed by atoms with Gasteiger partial charge in [-0.15, -0.1) is 0 Å². The number of amidine groups is 1. The summed E-state index contributed by atoms with van der Waals surface area (Å²) in [5.74, 6) is 0.664. The third-order valence-corrected chi connectivity index (χ3v) is 9.49. The van der Waals surface area contributed by atoms with Crippen LogP contribution in [0.25, 0.3) is 38.6 Å². The van der Waals surface area contributed by atoms with Crippen LogP contribution < -0.4 is 5.32 Å². The summed E-state index contributed by atoms with van der Waals surface area (Å²) < 4.78 is 2.45. The van der Waals surface area contributed by atoms with Crippen LogP contribution in [0, 0.1) is 0 Å². The molecule has 0 bridgehead atoms. The van der Waals surface area contributed by atoms with E-state index in [2.05, 4.69) is 133 Å². The molecular formula is C43H36N4. The zero-order valence-electron chi connectivity index (χ0n) is 26.9. The maximum absolute atomic E-state index is 5.20. The summed E-state index contributed by atoms with van der Waals surface area (Å²) >= 11 is 0. The number of hydrogen-bond acceptors (Lipinski definition) is 2. The van der Waals surface area contributed by atoms with Crippen molar-refractivity contribution < 1.29 is 0 Å². The minimum atomic E-state index is -0.251. The van der Waals surface area contributed by atoms with Crippen molar-refractivity contribution in [2.45, 2.75) is 25.4 Å². The van der Waals surface area contributed by atoms with Gasteiger partial charge in [-0.25, -0.2) is 9.98 Å². The average Bonchev–Trinajstić information content (AvgIpc) is 3.58. The van der Waals surface area contributed by atoms with Gasteiger partial charge in [0.05, 0.1) is 11.0 Å². The first-order valence-corrected chi connectivity index (χ1v) is 16.2. The lowest BCUT2D eigenvalue weighted by molar-refractivity contribution is 0.625. The van der Waals surface area contributed by atoms with Gasteiger partial charge in [-0.2, -0.15) is 0 Å². The standard InChI is InChI=1S/C43H36N4/c1-43(2)37-23-12-10-21-33(37)35-25-26-36-34-22-11-13-24-38(34)47(40(36)39(35)43)32-20-14-19-31(27-32)42(45-28-29-15-6-4-7-16-29)46-41(44-3)30-17-8-5-9-18-30/h4-28,41,44H,1-3H3. The first-order valence-electron chi connectivity index (χ1n) is 16.2. The van der Waals surface area contributed by atoms with Gasteiger partial charge in [0, 0.05) is 33.7 Å². The predicted molar refractivity (Wildman–Crippen MR) is 197 cm³/mol. The van der Waals surface area contributed by atoms with Crippen molar-refractivity contribution in [3.05, 3.63) is 173 Å². The molecule has 0 aliphatic heterocycles. The zero-order valence-corrected chi connectivity index (χ0v) is 26.9. The fourth-order valence-electron chi connectivity index (χ4n) is 7.29. The van der Waals surface area contributed by atoms with E-state index in [4.69, 9.17) is 9.98 Å². The fraction of sp³-hybridized carbons (Fsp3) is 0.116. The molecule has 1 aliphatic carbocycles. The summed E-state index contributed by atoms with van der Waals surface area (Å²) in [6.45, 7) is 4.72. The molecule has 1 aliphatic rings. The number of para-hydroxylation sites is 1. The van der Waals surface area contributed by atoms with Gasteiger partial charge in [0.1, 0.15) is 6.17 Å². The van der Waals surface area contributed by atoms with Crippen LogP contribution in [-0.4, -0.2) is 23.7 Å². The van der Waals surface area contributed by atoms with Gasteiger partial charge in [-0.05, 0) is 58.6 Å². The second-order valence-corrected chi connectivity index (χ2v) is 12.7. The van der Waals surface area contributed by atoms with E-state index in [0.29, 0.717) is 5.84 Å². The molecule has 1 atom stereocenters. The van der Waals surface area contributed by atoms with Crippen molar-refractivity contribution >= 4 is 33.9 Å². The molecule has 1 aromatic heterocycles. The van der Waals surface area contributed by atoms with E-state index in [9.17, 15) is 0 Å². The Balaban J connectivity index is 1.35. The first kappa shape index (κ1) is 28.9. The van der Waals surface area contributed by atoms with E-state index >= 15 is 0 Å². The second kappa shape index (κ2) is 11.7. The molecule has 4 heteroatoms. The van der Waals surface area contributed by atoms with Crippen LogP contribution in [0.3, 0.4) is 0 Å². The van der Waals surface area contributed by atoms with E-state index in [-0.39, 0.29) is 11.6 Å². The smallest absolute Gasteiger partial charge is 0.156 e. The number of aromatic nitrogens is 1. The molecule has 8 rings (SSSR count). The summed E-state index contributed by atoms with van der Waals surface area (Å²) in [6, 6.07) is 51.4. The SMILES string of the molecule is CNC(N=C(N=Cc1ccccc1)c1cccc(-n2c3ccccc3c3ccc4c(c32)C(C)(C)c2ccccc2-4)c1)c1ccccc1. The monoisotopic (exact) mass is 608 g/mol. The third-order valence-electron chi connectivity index (χ3n) is 9.49. The lowest BCUT2D eigenvalue weighted by Gasteiger charge is -2.23. The first-order chi connectivity index (χ1) is 23.0. The maximum Gasteiger partial charge on any atom is 0.156 e. The number of hydrogen-bond donors (Lipinski definition) is 1. The topological polar surface area (TPSA) is 41.7 Å². The van der Waals surface area contributed by atoms with E-state index in [1.54, 1.807) is 0 Å². The second-order valence-electron chi connectivity index (χ2n) is 12.7. The van der Waals surface area contributed by atoms with Gasteiger partial charge < -0.3 is 4.57 Å². The molecule has 0 amide bonds. The molecule has 6 aromatic carbocycles. The highest BCUT2D eigenvalue weighted by atomic mass is 15.1. The van der Waals surface area contributed by atoms with Gasteiger partial charge in [0.25, 0.3) is 0 Å². The molecule has 47 heavy (non-hydrogen) atoms. The molecular weight excluding hydrogens is 573 g/mol. The number of nitrogens with one attached hydrogen (secondary N) is 1. The van der Waals surface area contributed by atoms with E-state index in [1.165, 1.54) is 44.1 Å². The average molecular weight is 609 g/mol. The van der Waals surface area contributed by atoms with Crippen LogP contribution >= 0.6 is 0 Å². The Hall–Kier alpha value is -5.58. The van der Waals surface area contributed by atoms with Crippen LogP contribution in [0.15, 0.2) is 156 Å². The Morgan fingerprint density at radius 2 is 1.43 bits per heavy atom. The Kier molecular flexibility index (Phi) is 7.16. The summed E-state index contributed by atoms with van der Waals surface area (Å²) in [4.78, 5) is 10.2. The van der Waals surface area contributed by atoms with E-state index in [0.717, 1.165) is 22.4 Å². The predicted octanol–water partition coefficient (Wildman–Crippen LogP) is 9.87. The van der Waals surface area contributed by atoms with Gasteiger partial charge in [-0.3, -0.25) is 5.32 Å². The minimum absolute atomic E-state index is 0.155.